The average Bonchev–Trinajstić information content (AvgIpc) is 2.46. The number of rotatable bonds is 9. The van der Waals surface area contributed by atoms with Gasteiger partial charge in [0.1, 0.15) is 0 Å². The van der Waals surface area contributed by atoms with Crippen molar-refractivity contribution >= 4 is 8.25 Å². The summed E-state index contributed by atoms with van der Waals surface area (Å²) in [4.78, 5) is 0. The lowest BCUT2D eigenvalue weighted by molar-refractivity contribution is 0.173. The molecule has 0 heterocycles. The Morgan fingerprint density at radius 2 is 1.21 bits per heavy atom. The van der Waals surface area contributed by atoms with E-state index in [4.69, 9.17) is 30.1 Å². The summed E-state index contributed by atoms with van der Waals surface area (Å²) in [6.45, 7) is 1.96. The van der Waals surface area contributed by atoms with Gasteiger partial charge < -0.3 is 34.6 Å². The highest BCUT2D eigenvalue weighted by atomic mass is 31.1. The number of hydrogen-bond donors (Lipinski definition) is 5. The standard InChI is InChI=1S/C6H15O4P.2C2H6O2/c1-2-3-5-9-11(8)10-6-4-7;2*3-1-2-4/h7,11H,2-6H2,1H3;2*3-4H,1-2H2. The van der Waals surface area contributed by atoms with E-state index in [-0.39, 0.29) is 39.6 Å². The molecule has 0 aromatic heterocycles. The quantitative estimate of drug-likeness (QED) is 0.274. The first-order valence-corrected chi connectivity index (χ1v) is 7.20. The molecule has 0 fully saturated rings. The van der Waals surface area contributed by atoms with Crippen LogP contribution in [0, 0.1) is 0 Å². The molecule has 0 bridgehead atoms. The van der Waals surface area contributed by atoms with Crippen molar-refractivity contribution in [2.75, 3.05) is 46.2 Å². The van der Waals surface area contributed by atoms with E-state index in [9.17, 15) is 4.57 Å². The van der Waals surface area contributed by atoms with Gasteiger partial charge >= 0.3 is 8.25 Å². The van der Waals surface area contributed by atoms with Gasteiger partial charge in [-0.1, -0.05) is 13.3 Å². The Morgan fingerprint density at radius 3 is 1.53 bits per heavy atom. The summed E-state index contributed by atoms with van der Waals surface area (Å²) < 4.78 is 20.1. The predicted molar refractivity (Wildman–Crippen MR) is 71.2 cm³/mol. The van der Waals surface area contributed by atoms with Crippen molar-refractivity contribution in [1.82, 2.24) is 0 Å². The van der Waals surface area contributed by atoms with Crippen LogP contribution in [-0.2, 0) is 13.6 Å². The Morgan fingerprint density at radius 1 is 0.789 bits per heavy atom. The first kappa shape index (κ1) is 24.0. The summed E-state index contributed by atoms with van der Waals surface area (Å²) in [5, 5.41) is 38.8. The van der Waals surface area contributed by atoms with Crippen LogP contribution < -0.4 is 0 Å². The molecule has 0 rings (SSSR count). The van der Waals surface area contributed by atoms with E-state index >= 15 is 0 Å². The van der Waals surface area contributed by atoms with Crippen LogP contribution in [0.1, 0.15) is 19.8 Å². The predicted octanol–water partition coefficient (Wildman–Crippen LogP) is -0.856. The zero-order valence-electron chi connectivity index (χ0n) is 11.3. The number of hydrogen-bond acceptors (Lipinski definition) is 8. The fourth-order valence-electron chi connectivity index (χ4n) is 0.470. The summed E-state index contributed by atoms with van der Waals surface area (Å²) in [5.41, 5.74) is 0. The van der Waals surface area contributed by atoms with Crippen molar-refractivity contribution in [1.29, 1.82) is 0 Å². The molecule has 0 saturated heterocycles. The third-order valence-electron chi connectivity index (χ3n) is 1.23. The van der Waals surface area contributed by atoms with Gasteiger partial charge in [0, 0.05) is 0 Å². The summed E-state index contributed by atoms with van der Waals surface area (Å²) >= 11 is 0. The van der Waals surface area contributed by atoms with Gasteiger partial charge in [-0.3, -0.25) is 4.57 Å². The SMILES string of the molecule is CCCCO[PH](=O)OCCO.OCCO.OCCO. The van der Waals surface area contributed by atoms with Gasteiger partial charge in [-0.15, -0.1) is 0 Å². The van der Waals surface area contributed by atoms with Crippen LogP contribution >= 0.6 is 8.25 Å². The van der Waals surface area contributed by atoms with Crippen molar-refractivity contribution < 1.29 is 39.1 Å². The van der Waals surface area contributed by atoms with Crippen molar-refractivity contribution in [3.63, 3.8) is 0 Å². The van der Waals surface area contributed by atoms with Gasteiger partial charge in [-0.2, -0.15) is 0 Å². The molecular formula is C10H27O8P. The molecule has 0 saturated carbocycles. The Labute approximate surface area is 114 Å². The molecule has 19 heavy (non-hydrogen) atoms. The summed E-state index contributed by atoms with van der Waals surface area (Å²) in [6, 6.07) is 0. The molecule has 9 heteroatoms. The Balaban J connectivity index is -0.000000264. The van der Waals surface area contributed by atoms with Crippen LogP contribution in [0.5, 0.6) is 0 Å². The Kier molecular flexibility index (Phi) is 33.5. The fourth-order valence-corrected chi connectivity index (χ4v) is 1.12. The van der Waals surface area contributed by atoms with Crippen molar-refractivity contribution in [2.24, 2.45) is 0 Å². The largest absolute Gasteiger partial charge is 0.394 e. The van der Waals surface area contributed by atoms with E-state index in [0.717, 1.165) is 12.8 Å². The molecule has 0 radical (unpaired) electrons. The third-order valence-corrected chi connectivity index (χ3v) is 2.11. The molecule has 0 aliphatic heterocycles. The fraction of sp³-hybridized carbons (Fsp3) is 1.00. The van der Waals surface area contributed by atoms with Gasteiger partial charge in [0.2, 0.25) is 0 Å². The number of unbranched alkanes of at least 4 members (excludes halogenated alkanes) is 1. The Bertz CT molecular complexity index is 150. The van der Waals surface area contributed by atoms with Gasteiger partial charge in [-0.05, 0) is 6.42 Å². The smallest absolute Gasteiger partial charge is 0.319 e. The lowest BCUT2D eigenvalue weighted by Gasteiger charge is -2.02. The van der Waals surface area contributed by atoms with E-state index < -0.39 is 8.25 Å². The summed E-state index contributed by atoms with van der Waals surface area (Å²) in [6.07, 6.45) is 1.90. The molecule has 8 nitrogen and oxygen atoms in total. The molecule has 1 atom stereocenters. The minimum Gasteiger partial charge on any atom is -0.394 e. The molecule has 5 N–H and O–H groups in total. The van der Waals surface area contributed by atoms with Gasteiger partial charge in [0.05, 0.1) is 46.2 Å². The molecule has 1 unspecified atom stereocenters. The van der Waals surface area contributed by atoms with Crippen LogP contribution in [0.15, 0.2) is 0 Å². The van der Waals surface area contributed by atoms with E-state index in [1.54, 1.807) is 0 Å². The molecule has 0 aliphatic carbocycles. The van der Waals surface area contributed by atoms with E-state index in [1.807, 2.05) is 6.92 Å². The molecule has 0 aromatic carbocycles. The first-order valence-electron chi connectivity index (χ1n) is 5.98. The second kappa shape index (κ2) is 26.5. The zero-order valence-corrected chi connectivity index (χ0v) is 12.3. The zero-order chi connectivity index (χ0) is 15.4. The van der Waals surface area contributed by atoms with Crippen molar-refractivity contribution in [3.05, 3.63) is 0 Å². The monoisotopic (exact) mass is 306 g/mol. The molecule has 0 aliphatic rings. The van der Waals surface area contributed by atoms with E-state index in [0.29, 0.717) is 6.61 Å². The molecule has 0 aromatic rings. The maximum absolute atomic E-state index is 10.7. The third kappa shape index (κ3) is 38.1. The van der Waals surface area contributed by atoms with Crippen LogP contribution in [0.25, 0.3) is 0 Å². The van der Waals surface area contributed by atoms with Crippen LogP contribution in [0.3, 0.4) is 0 Å². The average molecular weight is 306 g/mol. The minimum atomic E-state index is -2.33. The summed E-state index contributed by atoms with van der Waals surface area (Å²) in [7, 11) is -2.33. The van der Waals surface area contributed by atoms with Crippen molar-refractivity contribution in [2.45, 2.75) is 19.8 Å². The van der Waals surface area contributed by atoms with E-state index in [2.05, 4.69) is 4.52 Å². The first-order chi connectivity index (χ1) is 9.14. The topological polar surface area (TPSA) is 137 Å². The second-order valence-electron chi connectivity index (χ2n) is 2.92. The number of aliphatic hydroxyl groups excluding tert-OH is 5. The maximum Gasteiger partial charge on any atom is 0.319 e. The lowest BCUT2D eigenvalue weighted by atomic mass is 10.4. The molecular weight excluding hydrogens is 279 g/mol. The highest BCUT2D eigenvalue weighted by Gasteiger charge is 1.96. The van der Waals surface area contributed by atoms with Crippen molar-refractivity contribution in [3.8, 4) is 0 Å². The van der Waals surface area contributed by atoms with Gasteiger partial charge in [0.15, 0.2) is 0 Å². The highest BCUT2D eigenvalue weighted by molar-refractivity contribution is 7.33. The van der Waals surface area contributed by atoms with Gasteiger partial charge in [0.25, 0.3) is 0 Å². The summed E-state index contributed by atoms with van der Waals surface area (Å²) in [5.74, 6) is 0. The molecule has 120 valence electrons. The molecule has 0 amide bonds. The minimum absolute atomic E-state index is 0.0872. The maximum atomic E-state index is 10.7. The lowest BCUT2D eigenvalue weighted by Crippen LogP contribution is -1.94. The normalized spacial score (nSPS) is 10.8. The Hall–Kier alpha value is -0.0500. The van der Waals surface area contributed by atoms with Crippen LogP contribution in [0.2, 0.25) is 0 Å². The van der Waals surface area contributed by atoms with Crippen LogP contribution in [-0.4, -0.2) is 71.8 Å². The van der Waals surface area contributed by atoms with Gasteiger partial charge in [-0.25, -0.2) is 0 Å². The second-order valence-corrected chi connectivity index (χ2v) is 4.00. The highest BCUT2D eigenvalue weighted by Crippen LogP contribution is 2.23. The molecule has 0 spiro atoms. The van der Waals surface area contributed by atoms with E-state index in [1.165, 1.54) is 0 Å². The van der Waals surface area contributed by atoms with Crippen LogP contribution in [0.4, 0.5) is 0 Å². The number of aliphatic hydroxyl groups is 5.